The predicted octanol–water partition coefficient (Wildman–Crippen LogP) is -0.0692. The van der Waals surface area contributed by atoms with Crippen LogP contribution in [0.2, 0.25) is 0 Å². The summed E-state index contributed by atoms with van der Waals surface area (Å²) in [5.41, 5.74) is 0.331. The van der Waals surface area contributed by atoms with Gasteiger partial charge in [0.15, 0.2) is 0 Å². The van der Waals surface area contributed by atoms with Gasteiger partial charge in [-0.3, -0.25) is 4.79 Å². The van der Waals surface area contributed by atoms with Crippen molar-refractivity contribution in [1.29, 1.82) is 0 Å². The van der Waals surface area contributed by atoms with E-state index in [0.29, 0.717) is 18.7 Å². The fraction of sp³-hybridized carbons (Fsp3) is 0.538. The van der Waals surface area contributed by atoms with Gasteiger partial charge < -0.3 is 15.2 Å². The second kappa shape index (κ2) is 6.49. The maximum absolute atomic E-state index is 12.0. The summed E-state index contributed by atoms with van der Waals surface area (Å²) < 4.78 is 25.8. The Morgan fingerprint density at radius 1 is 1.36 bits per heavy atom. The van der Waals surface area contributed by atoms with Crippen molar-refractivity contribution in [2.24, 2.45) is 7.05 Å². The fourth-order valence-corrected chi connectivity index (χ4v) is 3.29. The van der Waals surface area contributed by atoms with E-state index in [1.807, 2.05) is 0 Å². The van der Waals surface area contributed by atoms with Crippen LogP contribution in [0.3, 0.4) is 0 Å². The Morgan fingerprint density at radius 2 is 2.09 bits per heavy atom. The van der Waals surface area contributed by atoms with Gasteiger partial charge in [-0.05, 0) is 18.9 Å². The van der Waals surface area contributed by atoms with E-state index in [-0.39, 0.29) is 18.1 Å². The normalized spacial score (nSPS) is 19.6. The summed E-state index contributed by atoms with van der Waals surface area (Å²) in [7, 11) is -1.65. The van der Waals surface area contributed by atoms with Gasteiger partial charge >= 0.3 is 6.03 Å². The summed E-state index contributed by atoms with van der Waals surface area (Å²) in [6.07, 6.45) is 4.12. The Kier molecular flexibility index (Phi) is 4.87. The number of aryl methyl sites for hydroxylation is 1. The SMILES string of the molecule is Cn1cc(NC(=O)N[C@H]2CCCN(S(C)(=O)=O)C2)ccc1=O. The lowest BCUT2D eigenvalue weighted by molar-refractivity contribution is 0.236. The minimum atomic E-state index is -3.24. The number of pyridine rings is 1. The van der Waals surface area contributed by atoms with Crippen LogP contribution in [-0.4, -0.2) is 48.7 Å². The molecule has 1 aromatic rings. The van der Waals surface area contributed by atoms with E-state index < -0.39 is 16.1 Å². The molecule has 2 heterocycles. The molecule has 8 nitrogen and oxygen atoms in total. The Labute approximate surface area is 129 Å². The van der Waals surface area contributed by atoms with Gasteiger partial charge in [0, 0.05) is 38.4 Å². The van der Waals surface area contributed by atoms with E-state index in [0.717, 1.165) is 6.42 Å². The number of amides is 2. The van der Waals surface area contributed by atoms with E-state index in [1.165, 1.54) is 33.5 Å². The van der Waals surface area contributed by atoms with Crippen LogP contribution in [0.15, 0.2) is 23.1 Å². The largest absolute Gasteiger partial charge is 0.334 e. The summed E-state index contributed by atoms with van der Waals surface area (Å²) in [6, 6.07) is 2.24. The summed E-state index contributed by atoms with van der Waals surface area (Å²) in [6.45, 7) is 0.763. The van der Waals surface area contributed by atoms with Crippen LogP contribution in [-0.2, 0) is 17.1 Å². The highest BCUT2D eigenvalue weighted by atomic mass is 32.2. The van der Waals surface area contributed by atoms with Crippen molar-refractivity contribution in [3.05, 3.63) is 28.7 Å². The van der Waals surface area contributed by atoms with Crippen LogP contribution >= 0.6 is 0 Å². The third-order valence-electron chi connectivity index (χ3n) is 3.53. The molecule has 0 bridgehead atoms. The molecule has 2 rings (SSSR count). The highest BCUT2D eigenvalue weighted by Crippen LogP contribution is 2.13. The van der Waals surface area contributed by atoms with Gasteiger partial charge in [0.2, 0.25) is 15.6 Å². The molecule has 0 spiro atoms. The first-order chi connectivity index (χ1) is 10.3. The number of piperidine rings is 1. The van der Waals surface area contributed by atoms with Gasteiger partial charge in [0.05, 0.1) is 11.9 Å². The molecule has 1 fully saturated rings. The number of aromatic nitrogens is 1. The molecule has 1 saturated heterocycles. The molecule has 9 heteroatoms. The van der Waals surface area contributed by atoms with E-state index in [1.54, 1.807) is 7.05 Å². The molecule has 1 aromatic heterocycles. The quantitative estimate of drug-likeness (QED) is 0.811. The first-order valence-electron chi connectivity index (χ1n) is 6.95. The zero-order valence-corrected chi connectivity index (χ0v) is 13.4. The second-order valence-corrected chi connectivity index (χ2v) is 7.41. The Balaban J connectivity index is 1.94. The van der Waals surface area contributed by atoms with Gasteiger partial charge in [-0.25, -0.2) is 17.5 Å². The van der Waals surface area contributed by atoms with Gasteiger partial charge in [-0.15, -0.1) is 0 Å². The number of sulfonamides is 1. The molecule has 22 heavy (non-hydrogen) atoms. The maximum Gasteiger partial charge on any atom is 0.319 e. The highest BCUT2D eigenvalue weighted by Gasteiger charge is 2.26. The van der Waals surface area contributed by atoms with E-state index in [4.69, 9.17) is 0 Å². The third kappa shape index (κ3) is 4.31. The minimum absolute atomic E-state index is 0.165. The van der Waals surface area contributed by atoms with Crippen molar-refractivity contribution in [3.8, 4) is 0 Å². The summed E-state index contributed by atoms with van der Waals surface area (Å²) >= 11 is 0. The zero-order valence-electron chi connectivity index (χ0n) is 12.6. The number of rotatable bonds is 3. The lowest BCUT2D eigenvalue weighted by Gasteiger charge is -2.31. The molecular weight excluding hydrogens is 308 g/mol. The zero-order chi connectivity index (χ0) is 16.3. The van der Waals surface area contributed by atoms with Crippen molar-refractivity contribution >= 4 is 21.7 Å². The smallest absolute Gasteiger partial charge is 0.319 e. The number of carbonyl (C=O) groups is 1. The van der Waals surface area contributed by atoms with Crippen molar-refractivity contribution in [1.82, 2.24) is 14.2 Å². The molecule has 2 amide bonds. The average Bonchev–Trinajstić information content (AvgIpc) is 2.42. The summed E-state index contributed by atoms with van der Waals surface area (Å²) in [5.74, 6) is 0. The number of hydrogen-bond donors (Lipinski definition) is 2. The Bertz CT molecular complexity index is 713. The Hall–Kier alpha value is -1.87. The van der Waals surface area contributed by atoms with E-state index in [2.05, 4.69) is 10.6 Å². The van der Waals surface area contributed by atoms with Crippen LogP contribution in [0.25, 0.3) is 0 Å². The average molecular weight is 328 g/mol. The minimum Gasteiger partial charge on any atom is -0.334 e. The second-order valence-electron chi connectivity index (χ2n) is 5.43. The molecule has 1 aliphatic heterocycles. The van der Waals surface area contributed by atoms with Crippen molar-refractivity contribution in [2.75, 3.05) is 24.7 Å². The molecule has 0 aromatic carbocycles. The van der Waals surface area contributed by atoms with Crippen LogP contribution in [0.4, 0.5) is 10.5 Å². The van der Waals surface area contributed by atoms with Gasteiger partial charge in [-0.1, -0.05) is 0 Å². The Morgan fingerprint density at radius 3 is 2.73 bits per heavy atom. The molecule has 2 N–H and O–H groups in total. The van der Waals surface area contributed by atoms with Crippen LogP contribution in [0, 0.1) is 0 Å². The lowest BCUT2D eigenvalue weighted by Crippen LogP contribution is -2.50. The fourth-order valence-electron chi connectivity index (χ4n) is 2.38. The van der Waals surface area contributed by atoms with Crippen molar-refractivity contribution < 1.29 is 13.2 Å². The highest BCUT2D eigenvalue weighted by molar-refractivity contribution is 7.88. The van der Waals surface area contributed by atoms with Gasteiger partial charge in [0.1, 0.15) is 0 Å². The van der Waals surface area contributed by atoms with Gasteiger partial charge in [-0.2, -0.15) is 0 Å². The molecule has 0 radical (unpaired) electrons. The van der Waals surface area contributed by atoms with E-state index in [9.17, 15) is 18.0 Å². The number of anilines is 1. The summed E-state index contributed by atoms with van der Waals surface area (Å²) in [5, 5.41) is 5.39. The van der Waals surface area contributed by atoms with Crippen molar-refractivity contribution in [2.45, 2.75) is 18.9 Å². The van der Waals surface area contributed by atoms with Crippen molar-refractivity contribution in [3.63, 3.8) is 0 Å². The first-order valence-corrected chi connectivity index (χ1v) is 8.80. The van der Waals surface area contributed by atoms with Crippen LogP contribution < -0.4 is 16.2 Å². The maximum atomic E-state index is 12.0. The summed E-state index contributed by atoms with van der Waals surface area (Å²) in [4.78, 5) is 23.2. The monoisotopic (exact) mass is 328 g/mol. The van der Waals surface area contributed by atoms with Crippen LogP contribution in [0.1, 0.15) is 12.8 Å². The van der Waals surface area contributed by atoms with Gasteiger partial charge in [0.25, 0.3) is 0 Å². The topological polar surface area (TPSA) is 101 Å². The first kappa shape index (κ1) is 16.5. The molecule has 1 atom stereocenters. The number of hydrogen-bond acceptors (Lipinski definition) is 4. The number of nitrogens with one attached hydrogen (secondary N) is 2. The van der Waals surface area contributed by atoms with E-state index >= 15 is 0 Å². The number of nitrogens with zero attached hydrogens (tertiary/aromatic N) is 2. The number of urea groups is 1. The molecular formula is C13H20N4O4S. The molecule has 0 unspecified atom stereocenters. The lowest BCUT2D eigenvalue weighted by atomic mass is 10.1. The molecule has 0 saturated carbocycles. The third-order valence-corrected chi connectivity index (χ3v) is 4.80. The molecule has 1 aliphatic rings. The number of carbonyl (C=O) groups excluding carboxylic acids is 1. The van der Waals surface area contributed by atoms with Crippen LogP contribution in [0.5, 0.6) is 0 Å². The molecule has 0 aliphatic carbocycles. The molecule has 122 valence electrons. The standard InChI is InChI=1S/C13H20N4O4S/c1-16-8-11(5-6-12(16)18)15-13(19)14-10-4-3-7-17(9-10)22(2,20)21/h5-6,8,10H,3-4,7,9H2,1-2H3,(H2,14,15,19)/t10-/m0/s1. The predicted molar refractivity (Wildman–Crippen MR) is 83.3 cm³/mol.